The summed E-state index contributed by atoms with van der Waals surface area (Å²) < 4.78 is 26.7. The number of hydrogen-bond acceptors (Lipinski definition) is 4. The summed E-state index contributed by atoms with van der Waals surface area (Å²) in [5.74, 6) is 0.959. The Morgan fingerprint density at radius 3 is 2.65 bits per heavy atom. The number of nitro groups is 1. The largest absolute Gasteiger partial charge is 0.312 e. The van der Waals surface area contributed by atoms with Gasteiger partial charge < -0.3 is 5.32 Å². The number of hydrogen-bond donors (Lipinski definition) is 1. The van der Waals surface area contributed by atoms with E-state index >= 15 is 0 Å². The van der Waals surface area contributed by atoms with Crippen LogP contribution in [-0.4, -0.2) is 23.0 Å². The average Bonchev–Trinajstić information content (AvgIpc) is 2.42. The molecule has 1 saturated heterocycles. The van der Waals surface area contributed by atoms with E-state index in [0.29, 0.717) is 12.0 Å². The van der Waals surface area contributed by atoms with Crippen molar-refractivity contribution >= 4 is 17.4 Å². The Bertz CT molecular complexity index is 494. The van der Waals surface area contributed by atoms with Gasteiger partial charge in [-0.3, -0.25) is 10.1 Å². The number of halogens is 2. The van der Waals surface area contributed by atoms with E-state index in [2.05, 4.69) is 5.32 Å². The van der Waals surface area contributed by atoms with Gasteiger partial charge in [-0.15, -0.1) is 0 Å². The molecule has 1 aromatic carbocycles. The van der Waals surface area contributed by atoms with Gasteiger partial charge in [0.25, 0.3) is 0 Å². The van der Waals surface area contributed by atoms with Gasteiger partial charge in [-0.25, -0.2) is 4.39 Å². The molecule has 0 atom stereocenters. The molecule has 0 aromatic heterocycles. The van der Waals surface area contributed by atoms with Gasteiger partial charge in [-0.1, -0.05) is 0 Å². The van der Waals surface area contributed by atoms with E-state index in [9.17, 15) is 18.9 Å². The smallest absolute Gasteiger partial charge is 0.305 e. The predicted molar refractivity (Wildman–Crippen MR) is 74.8 cm³/mol. The fourth-order valence-corrected chi connectivity index (χ4v) is 3.42. The molecular weight excluding hydrogens is 286 g/mol. The second-order valence-corrected chi connectivity index (χ2v) is 6.06. The number of nitro benzene ring substituents is 1. The summed E-state index contributed by atoms with van der Waals surface area (Å²) in [6, 6.07) is 1.54. The van der Waals surface area contributed by atoms with Gasteiger partial charge >= 0.3 is 5.69 Å². The van der Waals surface area contributed by atoms with Crippen LogP contribution in [0.2, 0.25) is 0 Å². The molecule has 2 rings (SSSR count). The van der Waals surface area contributed by atoms with Crippen molar-refractivity contribution in [3.05, 3.63) is 39.4 Å². The molecule has 20 heavy (non-hydrogen) atoms. The highest BCUT2D eigenvalue weighted by atomic mass is 32.2. The van der Waals surface area contributed by atoms with Crippen molar-refractivity contribution in [1.29, 1.82) is 0 Å². The van der Waals surface area contributed by atoms with Crippen LogP contribution in [0.3, 0.4) is 0 Å². The Morgan fingerprint density at radius 1 is 1.30 bits per heavy atom. The third kappa shape index (κ3) is 3.89. The van der Waals surface area contributed by atoms with Gasteiger partial charge in [-0.05, 0) is 36.8 Å². The second-order valence-electron chi connectivity index (χ2n) is 4.84. The molecule has 110 valence electrons. The molecule has 0 spiro atoms. The molecular formula is C13H16F2N2O2S. The molecule has 0 bridgehead atoms. The molecule has 1 fully saturated rings. The summed E-state index contributed by atoms with van der Waals surface area (Å²) in [6.45, 7) is 0.932. The van der Waals surface area contributed by atoms with Crippen LogP contribution in [0.25, 0.3) is 0 Å². The van der Waals surface area contributed by atoms with Gasteiger partial charge in [0.15, 0.2) is 0 Å². The highest BCUT2D eigenvalue weighted by molar-refractivity contribution is 7.99. The third-order valence-electron chi connectivity index (χ3n) is 3.40. The zero-order valence-corrected chi connectivity index (χ0v) is 11.7. The maximum absolute atomic E-state index is 13.6. The van der Waals surface area contributed by atoms with E-state index in [-0.39, 0.29) is 12.1 Å². The minimum Gasteiger partial charge on any atom is -0.312 e. The Labute approximate surface area is 120 Å². The van der Waals surface area contributed by atoms with E-state index in [4.69, 9.17) is 0 Å². The summed E-state index contributed by atoms with van der Waals surface area (Å²) in [6.07, 6.45) is 2.26. The molecule has 1 aromatic rings. The summed E-state index contributed by atoms with van der Waals surface area (Å²) in [4.78, 5) is 9.79. The van der Waals surface area contributed by atoms with E-state index in [1.165, 1.54) is 0 Å². The van der Waals surface area contributed by atoms with Crippen LogP contribution >= 0.6 is 11.8 Å². The van der Waals surface area contributed by atoms with Crippen LogP contribution in [0.15, 0.2) is 12.1 Å². The Morgan fingerprint density at radius 2 is 2.00 bits per heavy atom. The third-order valence-corrected chi connectivity index (χ3v) is 4.45. The van der Waals surface area contributed by atoms with E-state index < -0.39 is 22.2 Å². The fourth-order valence-electron chi connectivity index (χ4n) is 2.22. The minimum absolute atomic E-state index is 0.128. The number of rotatable bonds is 5. The zero-order chi connectivity index (χ0) is 14.5. The minimum atomic E-state index is -1.14. The van der Waals surface area contributed by atoms with E-state index in [1.807, 2.05) is 11.8 Å². The Balaban J connectivity index is 1.94. The van der Waals surface area contributed by atoms with Gasteiger partial charge in [-0.2, -0.15) is 16.2 Å². The average molecular weight is 302 g/mol. The van der Waals surface area contributed by atoms with E-state index in [1.54, 1.807) is 0 Å². The maximum Gasteiger partial charge on any atom is 0.305 e. The Hall–Kier alpha value is -1.21. The molecule has 1 aliphatic heterocycles. The molecule has 1 heterocycles. The molecule has 0 unspecified atom stereocenters. The molecule has 0 amide bonds. The van der Waals surface area contributed by atoms with Crippen molar-refractivity contribution in [3.8, 4) is 0 Å². The standard InChI is InChI=1S/C13H16F2N2O2S/c14-11-6-12(15)13(17(18)19)5-10(11)8-16-7-9-1-3-20-4-2-9/h5-6,9,16H,1-4,7-8H2. The molecule has 0 saturated carbocycles. The summed E-state index contributed by atoms with van der Waals surface area (Å²) in [5.41, 5.74) is -0.555. The van der Waals surface area contributed by atoms with Crippen molar-refractivity contribution < 1.29 is 13.7 Å². The van der Waals surface area contributed by atoms with Gasteiger partial charge in [0, 0.05) is 24.2 Å². The first-order valence-electron chi connectivity index (χ1n) is 6.48. The summed E-state index contributed by atoms with van der Waals surface area (Å²) in [7, 11) is 0. The second kappa shape index (κ2) is 6.99. The zero-order valence-electron chi connectivity index (χ0n) is 10.9. The monoisotopic (exact) mass is 302 g/mol. The Kier molecular flexibility index (Phi) is 5.31. The lowest BCUT2D eigenvalue weighted by molar-refractivity contribution is -0.387. The number of nitrogens with one attached hydrogen (secondary N) is 1. The van der Waals surface area contributed by atoms with Crippen molar-refractivity contribution in [2.75, 3.05) is 18.1 Å². The van der Waals surface area contributed by atoms with Gasteiger partial charge in [0.2, 0.25) is 5.82 Å². The highest BCUT2D eigenvalue weighted by Gasteiger charge is 2.19. The lowest BCUT2D eigenvalue weighted by Crippen LogP contribution is -2.25. The molecule has 4 nitrogen and oxygen atoms in total. The van der Waals surface area contributed by atoms with Gasteiger partial charge in [0.1, 0.15) is 5.82 Å². The van der Waals surface area contributed by atoms with Crippen LogP contribution < -0.4 is 5.32 Å². The first kappa shape index (κ1) is 15.2. The molecule has 7 heteroatoms. The van der Waals surface area contributed by atoms with Crippen molar-refractivity contribution in [3.63, 3.8) is 0 Å². The summed E-state index contributed by atoms with van der Waals surface area (Å²) >= 11 is 1.93. The van der Waals surface area contributed by atoms with Crippen molar-refractivity contribution in [2.45, 2.75) is 19.4 Å². The van der Waals surface area contributed by atoms with Crippen molar-refractivity contribution in [2.24, 2.45) is 5.92 Å². The summed E-state index contributed by atoms with van der Waals surface area (Å²) in [5, 5.41) is 13.7. The number of thioether (sulfide) groups is 1. The SMILES string of the molecule is O=[N+]([O-])c1cc(CNCC2CCSCC2)c(F)cc1F. The fraction of sp³-hybridized carbons (Fsp3) is 0.538. The normalized spacial score (nSPS) is 16.3. The van der Waals surface area contributed by atoms with Crippen LogP contribution in [0.5, 0.6) is 0 Å². The number of benzene rings is 1. The quantitative estimate of drug-likeness (QED) is 0.671. The number of nitrogens with zero attached hydrogens (tertiary/aromatic N) is 1. The van der Waals surface area contributed by atoms with E-state index in [0.717, 1.165) is 37.0 Å². The maximum atomic E-state index is 13.6. The molecule has 1 aliphatic rings. The van der Waals surface area contributed by atoms with Gasteiger partial charge in [0.05, 0.1) is 4.92 Å². The van der Waals surface area contributed by atoms with Crippen LogP contribution in [-0.2, 0) is 6.54 Å². The first-order valence-corrected chi connectivity index (χ1v) is 7.64. The highest BCUT2D eigenvalue weighted by Crippen LogP contribution is 2.23. The van der Waals surface area contributed by atoms with Crippen LogP contribution in [0, 0.1) is 27.7 Å². The van der Waals surface area contributed by atoms with Crippen LogP contribution in [0.1, 0.15) is 18.4 Å². The van der Waals surface area contributed by atoms with Crippen LogP contribution in [0.4, 0.5) is 14.5 Å². The lowest BCUT2D eigenvalue weighted by atomic mass is 10.0. The first-order chi connectivity index (χ1) is 9.58. The lowest BCUT2D eigenvalue weighted by Gasteiger charge is -2.21. The molecule has 1 N–H and O–H groups in total. The topological polar surface area (TPSA) is 55.2 Å². The molecule has 0 aliphatic carbocycles. The van der Waals surface area contributed by atoms with Crippen molar-refractivity contribution in [1.82, 2.24) is 5.32 Å². The predicted octanol–water partition coefficient (Wildman–Crippen LogP) is 3.11. The molecule has 0 radical (unpaired) electrons.